The molecule has 276 valence electrons. The molecule has 0 spiro atoms. The molecule has 54 heavy (non-hydrogen) atoms. The van der Waals surface area contributed by atoms with Gasteiger partial charge < -0.3 is 10.6 Å². The van der Waals surface area contributed by atoms with Gasteiger partial charge in [0.15, 0.2) is 0 Å². The molecule has 0 aliphatic heterocycles. The van der Waals surface area contributed by atoms with Crippen molar-refractivity contribution in [1.29, 1.82) is 0 Å². The van der Waals surface area contributed by atoms with E-state index in [0.717, 1.165) is 19.6 Å². The molecule has 5 nitrogen and oxygen atoms in total. The second-order valence-electron chi connectivity index (χ2n) is 10.7. The summed E-state index contributed by atoms with van der Waals surface area (Å²) < 4.78 is 0. The number of carbonyl (C=O) groups excluding carboxylic acids is 1. The minimum absolute atomic E-state index is 0.390. The van der Waals surface area contributed by atoms with E-state index in [2.05, 4.69) is 14.8 Å². The third kappa shape index (κ3) is 14.1. The van der Waals surface area contributed by atoms with Gasteiger partial charge in [-0.1, -0.05) is 118 Å². The van der Waals surface area contributed by atoms with E-state index in [0.29, 0.717) is 42.6 Å². The molecule has 4 aromatic carbocycles. The van der Waals surface area contributed by atoms with Gasteiger partial charge >= 0.3 is 49.6 Å². The Kier molecular flexibility index (Phi) is 18.2. The van der Waals surface area contributed by atoms with E-state index in [-0.39, 0.29) is 0 Å². The molecule has 2 heterocycles. The van der Waals surface area contributed by atoms with E-state index in [1.807, 2.05) is 78.9 Å². The Balaban J connectivity index is 0.000000214. The van der Waals surface area contributed by atoms with Gasteiger partial charge in [-0.05, 0) is 72.8 Å². The summed E-state index contributed by atoms with van der Waals surface area (Å²) in [5, 5.41) is 1.74. The number of halogens is 8. The predicted molar refractivity (Wildman–Crippen MR) is 225 cm³/mol. The van der Waals surface area contributed by atoms with Crippen LogP contribution < -0.4 is 5.73 Å². The van der Waals surface area contributed by atoms with Crippen LogP contribution in [0, 0.1) is 6.57 Å². The number of hydrogen-bond acceptors (Lipinski definition) is 5. The van der Waals surface area contributed by atoms with Gasteiger partial charge in [-0.25, -0.2) is 6.57 Å². The van der Waals surface area contributed by atoms with Crippen LogP contribution in [-0.2, 0) is 17.1 Å². The molecule has 0 radical (unpaired) electrons. The van der Waals surface area contributed by atoms with Crippen molar-refractivity contribution in [2.45, 2.75) is 31.5 Å². The van der Waals surface area contributed by atoms with E-state index in [9.17, 15) is 4.79 Å². The van der Waals surface area contributed by atoms with Crippen LogP contribution in [0.3, 0.4) is 0 Å². The molecule has 1 amide bonds. The Bertz CT molecular complexity index is 2130. The average Bonchev–Trinajstić information content (AvgIpc) is 3.13. The van der Waals surface area contributed by atoms with Gasteiger partial charge in [0.2, 0.25) is 5.91 Å². The van der Waals surface area contributed by atoms with Gasteiger partial charge in [0.05, 0.1) is 21.3 Å². The van der Waals surface area contributed by atoms with Crippen molar-refractivity contribution >= 4 is 113 Å². The molecular weight excluding hydrogens is 924 g/mol. The van der Waals surface area contributed by atoms with Crippen LogP contribution in [0.25, 0.3) is 4.85 Å². The summed E-state index contributed by atoms with van der Waals surface area (Å²) in [7, 11) is 20.1. The average molecular weight is 950 g/mol. The zero-order valence-corrected chi connectivity index (χ0v) is 36.8. The molecule has 0 saturated carbocycles. The number of aromatic nitrogens is 2. The van der Waals surface area contributed by atoms with E-state index in [4.69, 9.17) is 95.9 Å². The van der Waals surface area contributed by atoms with Crippen molar-refractivity contribution in [2.24, 2.45) is 5.73 Å². The van der Waals surface area contributed by atoms with E-state index < -0.39 is 30.2 Å². The summed E-state index contributed by atoms with van der Waals surface area (Å²) in [6.07, 6.45) is 3.49. The molecule has 2 atom stereocenters. The van der Waals surface area contributed by atoms with Crippen LogP contribution in [0.5, 0.6) is 0 Å². The normalized spacial score (nSPS) is 11.8. The van der Waals surface area contributed by atoms with Gasteiger partial charge in [0.1, 0.15) is 11.6 Å². The fourth-order valence-electron chi connectivity index (χ4n) is 4.76. The first-order valence-corrected chi connectivity index (χ1v) is 27.2. The van der Waals surface area contributed by atoms with Gasteiger partial charge in [-0.2, -0.15) is 0 Å². The summed E-state index contributed by atoms with van der Waals surface area (Å²) in [5.41, 5.74) is 7.83. The molecule has 2 N–H and O–H groups in total. The summed E-state index contributed by atoms with van der Waals surface area (Å²) in [4.78, 5) is 28.8. The maximum atomic E-state index is 12.0. The molecule has 0 bridgehead atoms. The quantitative estimate of drug-likeness (QED) is 0.115. The van der Waals surface area contributed by atoms with Gasteiger partial charge in [0, 0.05) is 47.6 Å². The molecule has 0 aliphatic rings. The third-order valence-electron chi connectivity index (χ3n) is 7.03. The van der Waals surface area contributed by atoms with Crippen molar-refractivity contribution in [3.63, 3.8) is 0 Å². The number of carbonyl (C=O) groups is 1. The molecule has 0 saturated heterocycles. The van der Waals surface area contributed by atoms with Crippen LogP contribution in [0.2, 0.25) is 20.1 Å². The van der Waals surface area contributed by atoms with Gasteiger partial charge in [-0.15, -0.1) is 0 Å². The molecule has 2 aromatic heterocycles. The number of nitrogens with zero attached hydrogens (tertiary/aromatic N) is 3. The topological polar surface area (TPSA) is 73.2 Å². The summed E-state index contributed by atoms with van der Waals surface area (Å²) >= 11 is 25.0. The number of amides is 1. The molecule has 16 heteroatoms. The van der Waals surface area contributed by atoms with Gasteiger partial charge in [-0.3, -0.25) is 14.8 Å². The Hall–Kier alpha value is -2.13. The fraction of sp³-hybridized carbons (Fsp3) is 0.0526. The first-order valence-electron chi connectivity index (χ1n) is 15.4. The van der Waals surface area contributed by atoms with Crippen molar-refractivity contribution in [3.05, 3.63) is 188 Å². The minimum atomic E-state index is -3.11. The Labute approximate surface area is 361 Å². The van der Waals surface area contributed by atoms with Crippen LogP contribution in [0.15, 0.2) is 153 Å². The molecule has 6 rings (SSSR count). The van der Waals surface area contributed by atoms with Crippen LogP contribution in [-0.4, -0.2) is 15.9 Å². The van der Waals surface area contributed by atoms with Crippen LogP contribution in [0.4, 0.5) is 0 Å². The first-order chi connectivity index (χ1) is 25.7. The fourth-order valence-corrected chi connectivity index (χ4v) is 7.59. The Morgan fingerprint density at radius 1 is 0.574 bits per heavy atom. The number of pyridine rings is 2. The molecular formula is C38H26Cl8N4OS2Ti. The zero-order valence-electron chi connectivity index (χ0n) is 27.5. The molecule has 0 aliphatic carbocycles. The second-order valence-corrected chi connectivity index (χ2v) is 30.1. The number of primary amides is 1. The van der Waals surface area contributed by atoms with Crippen molar-refractivity contribution < 1.29 is 17.1 Å². The maximum absolute atomic E-state index is 12.0. The Morgan fingerprint density at radius 2 is 0.963 bits per heavy atom. The Morgan fingerprint density at radius 3 is 1.31 bits per heavy atom. The van der Waals surface area contributed by atoms with Gasteiger partial charge in [0.25, 0.3) is 6.04 Å². The summed E-state index contributed by atoms with van der Waals surface area (Å²) in [6, 6.07) is 37.3. The number of benzene rings is 4. The standard InChI is InChI=1S/C19H14Cl2N2OS.C19H12Cl2N2S.4ClH.Ti/c20-14-7-4-8-15(21)17(14)18(19(22)24)16-10-9-13(11-23-16)25-12-5-2-1-3-6-12;1-22-19(18-15(20)8-5-9-16(18)21)17-11-10-14(12-23-17)24-13-6-3-2-4-7-13;;;;;/h1-11,18H,(H2,22,24);2-12,19H;4*1H;/q;;;;;;+4/p-4. The van der Waals surface area contributed by atoms with Crippen molar-refractivity contribution in [1.82, 2.24) is 9.97 Å². The summed E-state index contributed by atoms with van der Waals surface area (Å²) in [5.74, 6) is -1.34. The number of rotatable bonds is 9. The van der Waals surface area contributed by atoms with E-state index in [1.165, 1.54) is 0 Å². The zero-order chi connectivity index (χ0) is 39.3. The first kappa shape index (κ1) is 44.6. The molecule has 6 aromatic rings. The van der Waals surface area contributed by atoms with E-state index >= 15 is 0 Å². The SMILES string of the molecule is NC(=O)C(c1ccc(Sc2ccccc2)cn1)c1c(Cl)cccc1Cl.[C-]#[N+]C(c1ccc(Sc2ccccc2)cn1)c1c(Cl)cccc1Cl.[Cl][Ti]([Cl])([Cl])[Cl]. The molecule has 0 fully saturated rings. The second kappa shape index (κ2) is 22.0. The van der Waals surface area contributed by atoms with Crippen molar-refractivity contribution in [2.75, 3.05) is 0 Å². The number of hydrogen-bond donors (Lipinski definition) is 1. The monoisotopic (exact) mass is 946 g/mol. The summed E-state index contributed by atoms with van der Waals surface area (Å²) in [6.45, 7) is 7.52. The predicted octanol–water partition coefficient (Wildman–Crippen LogP) is 14.5. The third-order valence-corrected chi connectivity index (χ3v) is 10.3. The van der Waals surface area contributed by atoms with Crippen molar-refractivity contribution in [3.8, 4) is 0 Å². The van der Waals surface area contributed by atoms with Crippen LogP contribution in [0.1, 0.15) is 34.5 Å². The van der Waals surface area contributed by atoms with Crippen LogP contribution >= 0.6 is 107 Å². The molecule has 2 unspecified atom stereocenters. The number of nitrogens with two attached hydrogens (primary N) is 1. The van der Waals surface area contributed by atoms with E-state index in [1.54, 1.807) is 78.4 Å².